The average molecular weight is 325 g/mol. The topological polar surface area (TPSA) is 59.1 Å². The van der Waals surface area contributed by atoms with Crippen molar-refractivity contribution in [3.63, 3.8) is 0 Å². The molecule has 21 heavy (non-hydrogen) atoms. The molecule has 0 aliphatic carbocycles. The molecular formula is C15H17ClN2O2S. The van der Waals surface area contributed by atoms with Gasteiger partial charge in [0, 0.05) is 23.5 Å². The SMILES string of the molecule is O=S(=O)(Cc1ccc(Cl)cc1)NCCCc1ccccn1. The van der Waals surface area contributed by atoms with Crippen LogP contribution in [0.15, 0.2) is 48.7 Å². The highest BCUT2D eigenvalue weighted by Crippen LogP contribution is 2.11. The number of rotatable bonds is 7. The van der Waals surface area contributed by atoms with Crippen molar-refractivity contribution in [3.8, 4) is 0 Å². The monoisotopic (exact) mass is 324 g/mol. The number of sulfonamides is 1. The van der Waals surface area contributed by atoms with Crippen LogP contribution >= 0.6 is 11.6 Å². The molecule has 0 spiro atoms. The van der Waals surface area contributed by atoms with E-state index in [1.54, 1.807) is 30.5 Å². The highest BCUT2D eigenvalue weighted by molar-refractivity contribution is 7.88. The number of aromatic nitrogens is 1. The van der Waals surface area contributed by atoms with E-state index in [0.29, 0.717) is 11.6 Å². The van der Waals surface area contributed by atoms with E-state index in [1.807, 2.05) is 18.2 Å². The van der Waals surface area contributed by atoms with Gasteiger partial charge in [-0.1, -0.05) is 29.8 Å². The van der Waals surface area contributed by atoms with E-state index in [2.05, 4.69) is 9.71 Å². The highest BCUT2D eigenvalue weighted by Gasteiger charge is 2.10. The number of halogens is 1. The van der Waals surface area contributed by atoms with E-state index in [-0.39, 0.29) is 5.75 Å². The van der Waals surface area contributed by atoms with Crippen LogP contribution in [0.2, 0.25) is 5.02 Å². The molecule has 2 rings (SSSR count). The van der Waals surface area contributed by atoms with Gasteiger partial charge in [-0.25, -0.2) is 13.1 Å². The fourth-order valence-electron chi connectivity index (χ4n) is 1.89. The normalized spacial score (nSPS) is 11.5. The molecule has 0 amide bonds. The fourth-order valence-corrected chi connectivity index (χ4v) is 3.21. The minimum absolute atomic E-state index is 0.0340. The number of nitrogens with one attached hydrogen (secondary N) is 1. The van der Waals surface area contributed by atoms with Crippen molar-refractivity contribution >= 4 is 21.6 Å². The number of hydrogen-bond acceptors (Lipinski definition) is 3. The van der Waals surface area contributed by atoms with E-state index in [4.69, 9.17) is 11.6 Å². The minimum atomic E-state index is -3.32. The molecule has 0 unspecified atom stereocenters. The van der Waals surface area contributed by atoms with Crippen molar-refractivity contribution in [2.45, 2.75) is 18.6 Å². The summed E-state index contributed by atoms with van der Waals surface area (Å²) in [4.78, 5) is 4.20. The summed E-state index contributed by atoms with van der Waals surface area (Å²) in [6.45, 7) is 0.409. The maximum atomic E-state index is 11.9. The van der Waals surface area contributed by atoms with Crippen LogP contribution in [-0.4, -0.2) is 19.9 Å². The molecule has 1 N–H and O–H groups in total. The molecule has 1 aromatic carbocycles. The molecule has 0 saturated carbocycles. The Hall–Kier alpha value is -1.43. The number of aryl methyl sites for hydroxylation is 1. The van der Waals surface area contributed by atoms with Crippen LogP contribution < -0.4 is 4.72 Å². The van der Waals surface area contributed by atoms with Gasteiger partial charge >= 0.3 is 0 Å². The van der Waals surface area contributed by atoms with Gasteiger partial charge in [0.1, 0.15) is 0 Å². The average Bonchev–Trinajstić information content (AvgIpc) is 2.47. The molecule has 2 aromatic rings. The van der Waals surface area contributed by atoms with Crippen molar-refractivity contribution in [1.82, 2.24) is 9.71 Å². The third kappa shape index (κ3) is 5.83. The number of benzene rings is 1. The van der Waals surface area contributed by atoms with Crippen LogP contribution in [0.4, 0.5) is 0 Å². The number of hydrogen-bond donors (Lipinski definition) is 1. The van der Waals surface area contributed by atoms with Gasteiger partial charge in [-0.2, -0.15) is 0 Å². The second-order valence-electron chi connectivity index (χ2n) is 4.70. The third-order valence-corrected chi connectivity index (χ3v) is 4.54. The van der Waals surface area contributed by atoms with E-state index >= 15 is 0 Å². The third-order valence-electron chi connectivity index (χ3n) is 2.93. The van der Waals surface area contributed by atoms with E-state index < -0.39 is 10.0 Å². The van der Waals surface area contributed by atoms with E-state index in [1.165, 1.54) is 0 Å². The summed E-state index contributed by atoms with van der Waals surface area (Å²) in [5.41, 5.74) is 1.69. The summed E-state index contributed by atoms with van der Waals surface area (Å²) in [7, 11) is -3.32. The molecule has 1 heterocycles. The molecule has 112 valence electrons. The first-order chi connectivity index (χ1) is 10.1. The molecule has 0 aliphatic heterocycles. The molecule has 1 aromatic heterocycles. The molecule has 6 heteroatoms. The lowest BCUT2D eigenvalue weighted by molar-refractivity contribution is 0.578. The number of nitrogens with zero attached hydrogens (tertiary/aromatic N) is 1. The van der Waals surface area contributed by atoms with Crippen molar-refractivity contribution < 1.29 is 8.42 Å². The quantitative estimate of drug-likeness (QED) is 0.797. The molecule has 0 radical (unpaired) electrons. The van der Waals surface area contributed by atoms with Gasteiger partial charge in [-0.15, -0.1) is 0 Å². The zero-order chi connectivity index (χ0) is 15.1. The maximum absolute atomic E-state index is 11.9. The second-order valence-corrected chi connectivity index (χ2v) is 6.95. The van der Waals surface area contributed by atoms with Crippen LogP contribution in [0.3, 0.4) is 0 Å². The van der Waals surface area contributed by atoms with Gasteiger partial charge in [-0.05, 0) is 42.7 Å². The Labute approximate surface area is 130 Å². The molecule has 0 fully saturated rings. The van der Waals surface area contributed by atoms with E-state index in [9.17, 15) is 8.42 Å². The van der Waals surface area contributed by atoms with Gasteiger partial charge in [0.25, 0.3) is 0 Å². The summed E-state index contributed by atoms with van der Waals surface area (Å²) in [6, 6.07) is 12.5. The predicted molar refractivity (Wildman–Crippen MR) is 84.6 cm³/mol. The lowest BCUT2D eigenvalue weighted by Crippen LogP contribution is -2.26. The Morgan fingerprint density at radius 1 is 1.10 bits per heavy atom. The predicted octanol–water partition coefficient (Wildman–Crippen LogP) is 2.79. The van der Waals surface area contributed by atoms with Gasteiger partial charge in [0.2, 0.25) is 10.0 Å². The first-order valence-electron chi connectivity index (χ1n) is 6.67. The zero-order valence-corrected chi connectivity index (χ0v) is 13.1. The largest absolute Gasteiger partial charge is 0.261 e. The summed E-state index contributed by atoms with van der Waals surface area (Å²) in [5, 5.41) is 0.597. The molecule has 0 saturated heterocycles. The molecule has 0 bridgehead atoms. The van der Waals surface area contributed by atoms with Crippen molar-refractivity contribution in [2.24, 2.45) is 0 Å². The summed E-state index contributed by atoms with van der Waals surface area (Å²) in [5.74, 6) is -0.0340. The zero-order valence-electron chi connectivity index (χ0n) is 11.5. The summed E-state index contributed by atoms with van der Waals surface area (Å²) < 4.78 is 26.5. The number of pyridine rings is 1. The summed E-state index contributed by atoms with van der Waals surface area (Å²) in [6.07, 6.45) is 3.21. The first kappa shape index (κ1) is 15.9. The van der Waals surface area contributed by atoms with Crippen LogP contribution in [0.1, 0.15) is 17.7 Å². The maximum Gasteiger partial charge on any atom is 0.215 e. The smallest absolute Gasteiger partial charge is 0.215 e. The Morgan fingerprint density at radius 2 is 1.86 bits per heavy atom. The van der Waals surface area contributed by atoms with Crippen molar-refractivity contribution in [1.29, 1.82) is 0 Å². The first-order valence-corrected chi connectivity index (χ1v) is 8.70. The fraction of sp³-hybridized carbons (Fsp3) is 0.267. The Balaban J connectivity index is 1.77. The Morgan fingerprint density at radius 3 is 2.52 bits per heavy atom. The van der Waals surface area contributed by atoms with Crippen LogP contribution in [0.5, 0.6) is 0 Å². The molecular weight excluding hydrogens is 308 g/mol. The molecule has 0 aliphatic rings. The van der Waals surface area contributed by atoms with Crippen molar-refractivity contribution in [2.75, 3.05) is 6.54 Å². The standard InChI is InChI=1S/C15H17ClN2O2S/c16-14-8-6-13(7-9-14)12-21(19,20)18-11-3-5-15-4-1-2-10-17-15/h1-2,4,6-10,18H,3,5,11-12H2. The minimum Gasteiger partial charge on any atom is -0.261 e. The van der Waals surface area contributed by atoms with Gasteiger partial charge in [-0.3, -0.25) is 4.98 Å². The Bertz CT molecular complexity index is 658. The summed E-state index contributed by atoms with van der Waals surface area (Å²) >= 11 is 5.77. The second kappa shape index (κ2) is 7.54. The van der Waals surface area contributed by atoms with Gasteiger partial charge in [0.15, 0.2) is 0 Å². The van der Waals surface area contributed by atoms with Crippen LogP contribution in [0.25, 0.3) is 0 Å². The van der Waals surface area contributed by atoms with Crippen molar-refractivity contribution in [3.05, 3.63) is 64.9 Å². The molecule has 4 nitrogen and oxygen atoms in total. The van der Waals surface area contributed by atoms with Gasteiger partial charge < -0.3 is 0 Å². The Kier molecular flexibility index (Phi) is 5.73. The van der Waals surface area contributed by atoms with Crippen LogP contribution in [-0.2, 0) is 22.2 Å². The highest BCUT2D eigenvalue weighted by atomic mass is 35.5. The van der Waals surface area contributed by atoms with Crippen LogP contribution in [0, 0.1) is 0 Å². The lowest BCUT2D eigenvalue weighted by Gasteiger charge is -2.07. The molecule has 0 atom stereocenters. The lowest BCUT2D eigenvalue weighted by atomic mass is 10.2. The van der Waals surface area contributed by atoms with E-state index in [0.717, 1.165) is 24.1 Å². The van der Waals surface area contributed by atoms with Gasteiger partial charge in [0.05, 0.1) is 5.75 Å².